The Morgan fingerprint density at radius 2 is 1.59 bits per heavy atom. The van der Waals surface area contributed by atoms with Gasteiger partial charge in [0.1, 0.15) is 5.82 Å². The van der Waals surface area contributed by atoms with Crippen LogP contribution in [0.4, 0.5) is 5.82 Å². The van der Waals surface area contributed by atoms with Gasteiger partial charge in [-0.3, -0.25) is 0 Å². The van der Waals surface area contributed by atoms with Crippen LogP contribution in [0.15, 0.2) is 60.7 Å². The molecule has 0 bridgehead atoms. The van der Waals surface area contributed by atoms with Crippen LogP contribution in [0.1, 0.15) is 31.5 Å². The van der Waals surface area contributed by atoms with Crippen LogP contribution in [0.2, 0.25) is 0 Å². The van der Waals surface area contributed by atoms with Gasteiger partial charge in [-0.25, -0.2) is 4.98 Å². The maximum absolute atomic E-state index is 5.04. The molecular formula is C28H36N4. The van der Waals surface area contributed by atoms with Crippen LogP contribution < -0.4 is 4.90 Å². The number of para-hydroxylation sites is 1. The highest BCUT2D eigenvalue weighted by molar-refractivity contribution is 6.09. The molecule has 0 fully saturated rings. The minimum absolute atomic E-state index is 0.981. The van der Waals surface area contributed by atoms with E-state index in [1.165, 1.54) is 27.4 Å². The van der Waals surface area contributed by atoms with E-state index in [4.69, 9.17) is 4.98 Å². The van der Waals surface area contributed by atoms with Gasteiger partial charge in [-0.15, -0.1) is 0 Å². The van der Waals surface area contributed by atoms with Crippen molar-refractivity contribution in [3.8, 4) is 0 Å². The summed E-state index contributed by atoms with van der Waals surface area (Å²) < 4.78 is 2.48. The van der Waals surface area contributed by atoms with Crippen LogP contribution in [0.25, 0.3) is 21.8 Å². The van der Waals surface area contributed by atoms with Crippen molar-refractivity contribution in [1.29, 1.82) is 0 Å². The highest BCUT2D eigenvalue weighted by Crippen LogP contribution is 2.33. The maximum atomic E-state index is 5.04. The standard InChI is InChI=1S/C28H36N4/c1-5-31(6-2)20-19-30(4)27-21-25-24-16-10-11-17-26(24)32(28(25)22(3)29-27)18-12-15-23-13-8-7-9-14-23/h7-11,13-14,16-17,21H,5-6,12,15,18-20H2,1-4H3. The SMILES string of the molecule is CCN(CC)CCN(C)c1cc2c3ccccc3n(CCCc3ccccc3)c2c(C)n1. The lowest BCUT2D eigenvalue weighted by atomic mass is 10.1. The molecule has 0 spiro atoms. The summed E-state index contributed by atoms with van der Waals surface area (Å²) in [7, 11) is 2.16. The van der Waals surface area contributed by atoms with Crippen molar-refractivity contribution in [2.75, 3.05) is 38.1 Å². The summed E-state index contributed by atoms with van der Waals surface area (Å²) in [5.74, 6) is 1.06. The molecule has 2 heterocycles. The molecule has 4 nitrogen and oxygen atoms in total. The van der Waals surface area contributed by atoms with Crippen molar-refractivity contribution in [2.24, 2.45) is 0 Å². The third-order valence-electron chi connectivity index (χ3n) is 6.64. The van der Waals surface area contributed by atoms with E-state index >= 15 is 0 Å². The lowest BCUT2D eigenvalue weighted by Crippen LogP contribution is -2.33. The highest BCUT2D eigenvalue weighted by atomic mass is 15.2. The smallest absolute Gasteiger partial charge is 0.129 e. The monoisotopic (exact) mass is 428 g/mol. The van der Waals surface area contributed by atoms with Crippen molar-refractivity contribution >= 4 is 27.6 Å². The van der Waals surface area contributed by atoms with E-state index in [-0.39, 0.29) is 0 Å². The summed E-state index contributed by atoms with van der Waals surface area (Å²) in [6.45, 7) is 11.8. The van der Waals surface area contributed by atoms with Crippen LogP contribution in [0.3, 0.4) is 0 Å². The molecule has 0 N–H and O–H groups in total. The lowest BCUT2D eigenvalue weighted by molar-refractivity contribution is 0.311. The van der Waals surface area contributed by atoms with E-state index in [2.05, 4.69) is 103 Å². The minimum Gasteiger partial charge on any atom is -0.358 e. The molecule has 0 saturated carbocycles. The molecule has 32 heavy (non-hydrogen) atoms. The van der Waals surface area contributed by atoms with E-state index in [1.54, 1.807) is 0 Å². The Morgan fingerprint density at radius 1 is 0.875 bits per heavy atom. The molecule has 0 saturated heterocycles. The first kappa shape index (κ1) is 22.3. The predicted octanol–water partition coefficient (Wildman–Crippen LogP) is 5.91. The first-order chi connectivity index (χ1) is 15.6. The van der Waals surface area contributed by atoms with Crippen molar-refractivity contribution in [3.05, 3.63) is 71.9 Å². The quantitative estimate of drug-likeness (QED) is 0.314. The zero-order chi connectivity index (χ0) is 22.5. The largest absolute Gasteiger partial charge is 0.358 e. The molecule has 2 aromatic carbocycles. The molecule has 0 atom stereocenters. The molecular weight excluding hydrogens is 392 g/mol. The van der Waals surface area contributed by atoms with E-state index < -0.39 is 0 Å². The third-order valence-corrected chi connectivity index (χ3v) is 6.64. The van der Waals surface area contributed by atoms with Gasteiger partial charge in [-0.1, -0.05) is 62.4 Å². The highest BCUT2D eigenvalue weighted by Gasteiger charge is 2.16. The first-order valence-corrected chi connectivity index (χ1v) is 12.0. The minimum atomic E-state index is 0.981. The van der Waals surface area contributed by atoms with Gasteiger partial charge in [0.15, 0.2) is 0 Å². The second kappa shape index (κ2) is 10.2. The van der Waals surface area contributed by atoms with Gasteiger partial charge in [-0.2, -0.15) is 0 Å². The fraction of sp³-hybridized carbons (Fsp3) is 0.393. The Hall–Kier alpha value is -2.85. The van der Waals surface area contributed by atoms with Gasteiger partial charge >= 0.3 is 0 Å². The van der Waals surface area contributed by atoms with Gasteiger partial charge in [0.2, 0.25) is 0 Å². The van der Waals surface area contributed by atoms with Gasteiger partial charge in [-0.05, 0) is 50.6 Å². The van der Waals surface area contributed by atoms with Crippen LogP contribution in [0.5, 0.6) is 0 Å². The topological polar surface area (TPSA) is 24.3 Å². The summed E-state index contributed by atoms with van der Waals surface area (Å²) >= 11 is 0. The van der Waals surface area contributed by atoms with Crippen LogP contribution in [-0.4, -0.2) is 47.7 Å². The van der Waals surface area contributed by atoms with Gasteiger partial charge in [0.05, 0.1) is 11.2 Å². The second-order valence-electron chi connectivity index (χ2n) is 8.67. The molecule has 4 rings (SSSR count). The summed E-state index contributed by atoms with van der Waals surface area (Å²) in [5, 5.41) is 2.64. The number of aromatic nitrogens is 2. The van der Waals surface area contributed by atoms with Gasteiger partial charge in [0, 0.05) is 43.0 Å². The third kappa shape index (κ3) is 4.66. The van der Waals surface area contributed by atoms with Crippen molar-refractivity contribution < 1.29 is 0 Å². The molecule has 4 heteroatoms. The second-order valence-corrected chi connectivity index (χ2v) is 8.67. The normalized spacial score (nSPS) is 11.7. The molecule has 0 radical (unpaired) electrons. The molecule has 4 aromatic rings. The number of likely N-dealkylation sites (N-methyl/N-ethyl adjacent to an activating group) is 2. The number of pyridine rings is 1. The summed E-state index contributed by atoms with van der Waals surface area (Å²) in [5.41, 5.74) is 5.10. The number of hydrogen-bond acceptors (Lipinski definition) is 3. The number of benzene rings is 2. The van der Waals surface area contributed by atoms with E-state index in [0.717, 1.165) is 57.1 Å². The Morgan fingerprint density at radius 3 is 2.34 bits per heavy atom. The van der Waals surface area contributed by atoms with Crippen molar-refractivity contribution in [2.45, 2.75) is 40.2 Å². The van der Waals surface area contributed by atoms with Crippen molar-refractivity contribution in [1.82, 2.24) is 14.5 Å². The Kier molecular flexibility index (Phi) is 7.11. The summed E-state index contributed by atoms with van der Waals surface area (Å²) in [6.07, 6.45) is 2.20. The van der Waals surface area contributed by atoms with Gasteiger partial charge < -0.3 is 14.4 Å². The van der Waals surface area contributed by atoms with E-state index in [9.17, 15) is 0 Å². The van der Waals surface area contributed by atoms with Crippen LogP contribution in [0, 0.1) is 6.92 Å². The average Bonchev–Trinajstić information content (AvgIpc) is 3.14. The first-order valence-electron chi connectivity index (χ1n) is 12.0. The molecule has 0 aliphatic rings. The fourth-order valence-corrected chi connectivity index (χ4v) is 4.71. The predicted molar refractivity (Wildman–Crippen MR) is 138 cm³/mol. The van der Waals surface area contributed by atoms with E-state index in [0.29, 0.717) is 0 Å². The maximum Gasteiger partial charge on any atom is 0.129 e. The lowest BCUT2D eigenvalue weighted by Gasteiger charge is -2.24. The molecule has 2 aromatic heterocycles. The number of anilines is 1. The number of rotatable bonds is 10. The van der Waals surface area contributed by atoms with E-state index in [1.807, 2.05) is 0 Å². The number of aryl methyl sites for hydroxylation is 3. The molecule has 0 aliphatic carbocycles. The van der Waals surface area contributed by atoms with Gasteiger partial charge in [0.25, 0.3) is 0 Å². The molecule has 168 valence electrons. The number of hydrogen-bond donors (Lipinski definition) is 0. The Bertz CT molecular complexity index is 1160. The number of nitrogens with zero attached hydrogens (tertiary/aromatic N) is 4. The zero-order valence-electron chi connectivity index (χ0n) is 20.0. The fourth-order valence-electron chi connectivity index (χ4n) is 4.71. The molecule has 0 amide bonds. The molecule has 0 unspecified atom stereocenters. The Balaban J connectivity index is 1.64. The Labute approximate surface area is 192 Å². The van der Waals surface area contributed by atoms with Crippen LogP contribution in [-0.2, 0) is 13.0 Å². The zero-order valence-corrected chi connectivity index (χ0v) is 20.0. The molecule has 0 aliphatic heterocycles. The summed E-state index contributed by atoms with van der Waals surface area (Å²) in [6, 6.07) is 21.9. The average molecular weight is 429 g/mol. The van der Waals surface area contributed by atoms with Crippen LogP contribution >= 0.6 is 0 Å². The van der Waals surface area contributed by atoms with Crippen molar-refractivity contribution in [3.63, 3.8) is 0 Å². The number of fused-ring (bicyclic) bond motifs is 3. The summed E-state index contributed by atoms with van der Waals surface area (Å²) in [4.78, 5) is 9.80.